The fourth-order valence-electron chi connectivity index (χ4n) is 1.48. The molecule has 0 amide bonds. The molecule has 88 valence electrons. The van der Waals surface area contributed by atoms with Crippen LogP contribution in [-0.2, 0) is 0 Å². The summed E-state index contributed by atoms with van der Waals surface area (Å²) >= 11 is 1.94. The molecule has 1 nitrogen and oxygen atoms in total. The van der Waals surface area contributed by atoms with Crippen molar-refractivity contribution in [2.24, 2.45) is 0 Å². The molecule has 0 heterocycles. The van der Waals surface area contributed by atoms with Crippen molar-refractivity contribution in [1.29, 1.82) is 0 Å². The van der Waals surface area contributed by atoms with E-state index in [4.69, 9.17) is 0 Å². The molecular formula is C14H21NS. The molecule has 0 aliphatic rings. The van der Waals surface area contributed by atoms with Crippen molar-refractivity contribution in [3.8, 4) is 0 Å². The van der Waals surface area contributed by atoms with Crippen molar-refractivity contribution < 1.29 is 0 Å². The monoisotopic (exact) mass is 235 g/mol. The first-order valence-electron chi connectivity index (χ1n) is 5.69. The lowest BCUT2D eigenvalue weighted by atomic mass is 10.2. The van der Waals surface area contributed by atoms with Gasteiger partial charge in [-0.15, -0.1) is 18.3 Å². The summed E-state index contributed by atoms with van der Waals surface area (Å²) < 4.78 is 0. The SMILES string of the molecule is C=CCNCC(C)Sc1cc(C)ccc1C. The Morgan fingerprint density at radius 3 is 2.88 bits per heavy atom. The molecule has 2 heteroatoms. The third-order valence-corrected chi connectivity index (χ3v) is 3.66. The van der Waals surface area contributed by atoms with Gasteiger partial charge in [-0.3, -0.25) is 0 Å². The molecule has 0 fully saturated rings. The van der Waals surface area contributed by atoms with E-state index in [0.717, 1.165) is 13.1 Å². The van der Waals surface area contributed by atoms with Crippen molar-refractivity contribution in [3.63, 3.8) is 0 Å². The minimum absolute atomic E-state index is 0.584. The first kappa shape index (κ1) is 13.3. The zero-order valence-corrected chi connectivity index (χ0v) is 11.2. The zero-order chi connectivity index (χ0) is 12.0. The third-order valence-electron chi connectivity index (χ3n) is 2.39. The summed E-state index contributed by atoms with van der Waals surface area (Å²) in [5.41, 5.74) is 2.70. The summed E-state index contributed by atoms with van der Waals surface area (Å²) in [6, 6.07) is 6.63. The highest BCUT2D eigenvalue weighted by Gasteiger charge is 2.06. The normalized spacial score (nSPS) is 12.4. The van der Waals surface area contributed by atoms with Gasteiger partial charge in [0.05, 0.1) is 0 Å². The molecular weight excluding hydrogens is 214 g/mol. The largest absolute Gasteiger partial charge is 0.312 e. The molecule has 0 saturated heterocycles. The van der Waals surface area contributed by atoms with E-state index in [1.54, 1.807) is 0 Å². The van der Waals surface area contributed by atoms with Crippen LogP contribution in [0.2, 0.25) is 0 Å². The molecule has 1 unspecified atom stereocenters. The van der Waals surface area contributed by atoms with Crippen LogP contribution in [0.1, 0.15) is 18.1 Å². The highest BCUT2D eigenvalue weighted by molar-refractivity contribution is 8.00. The second-order valence-electron chi connectivity index (χ2n) is 4.14. The molecule has 0 spiro atoms. The molecule has 1 N–H and O–H groups in total. The van der Waals surface area contributed by atoms with Crippen LogP contribution < -0.4 is 5.32 Å². The van der Waals surface area contributed by atoms with E-state index < -0.39 is 0 Å². The van der Waals surface area contributed by atoms with Gasteiger partial charge in [-0.25, -0.2) is 0 Å². The van der Waals surface area contributed by atoms with Gasteiger partial charge in [0.1, 0.15) is 0 Å². The minimum Gasteiger partial charge on any atom is -0.312 e. The van der Waals surface area contributed by atoms with E-state index in [9.17, 15) is 0 Å². The summed E-state index contributed by atoms with van der Waals surface area (Å²) in [7, 11) is 0. The molecule has 0 saturated carbocycles. The molecule has 1 aromatic rings. The van der Waals surface area contributed by atoms with Crippen molar-refractivity contribution >= 4 is 11.8 Å². The van der Waals surface area contributed by atoms with Crippen molar-refractivity contribution in [1.82, 2.24) is 5.32 Å². The molecule has 1 rings (SSSR count). The van der Waals surface area contributed by atoms with Gasteiger partial charge >= 0.3 is 0 Å². The Kier molecular flexibility index (Phi) is 5.64. The Bertz CT molecular complexity index is 347. The van der Waals surface area contributed by atoms with Gasteiger partial charge in [0.25, 0.3) is 0 Å². The Morgan fingerprint density at radius 1 is 1.44 bits per heavy atom. The van der Waals surface area contributed by atoms with Crippen LogP contribution in [0.4, 0.5) is 0 Å². The minimum atomic E-state index is 0.584. The van der Waals surface area contributed by atoms with Gasteiger partial charge in [-0.1, -0.05) is 30.7 Å². The smallest absolute Gasteiger partial charge is 0.0191 e. The maximum Gasteiger partial charge on any atom is 0.0191 e. The maximum atomic E-state index is 3.70. The summed E-state index contributed by atoms with van der Waals surface area (Å²) in [6.07, 6.45) is 1.90. The summed E-state index contributed by atoms with van der Waals surface area (Å²) in [5, 5.41) is 3.93. The standard InChI is InChI=1S/C14H21NS/c1-5-8-15-10-13(4)16-14-9-11(2)6-7-12(14)3/h5-7,9,13,15H,1,8,10H2,2-4H3. The number of aryl methyl sites for hydroxylation is 2. The van der Waals surface area contributed by atoms with Crippen LogP contribution in [0.15, 0.2) is 35.7 Å². The number of hydrogen-bond acceptors (Lipinski definition) is 2. The van der Waals surface area contributed by atoms with Gasteiger partial charge in [0.15, 0.2) is 0 Å². The zero-order valence-electron chi connectivity index (χ0n) is 10.4. The Labute approximate surface area is 103 Å². The summed E-state index contributed by atoms with van der Waals surface area (Å²) in [5.74, 6) is 0. The fourth-order valence-corrected chi connectivity index (χ4v) is 2.62. The average molecular weight is 235 g/mol. The highest BCUT2D eigenvalue weighted by atomic mass is 32.2. The fraction of sp³-hybridized carbons (Fsp3) is 0.429. The molecule has 0 radical (unpaired) electrons. The van der Waals surface area contributed by atoms with Crippen molar-refractivity contribution in [2.75, 3.05) is 13.1 Å². The predicted octanol–water partition coefficient (Wildman–Crippen LogP) is 3.56. The lowest BCUT2D eigenvalue weighted by Crippen LogP contribution is -2.22. The van der Waals surface area contributed by atoms with Gasteiger partial charge in [0.2, 0.25) is 0 Å². The maximum absolute atomic E-state index is 3.70. The number of nitrogens with one attached hydrogen (secondary N) is 1. The number of thioether (sulfide) groups is 1. The summed E-state index contributed by atoms with van der Waals surface area (Å²) in [4.78, 5) is 1.40. The third kappa shape index (κ3) is 4.42. The molecule has 0 aromatic heterocycles. The highest BCUT2D eigenvalue weighted by Crippen LogP contribution is 2.27. The molecule has 16 heavy (non-hydrogen) atoms. The topological polar surface area (TPSA) is 12.0 Å². The first-order valence-corrected chi connectivity index (χ1v) is 6.57. The number of rotatable bonds is 6. The van der Waals surface area contributed by atoms with E-state index in [1.807, 2.05) is 17.8 Å². The number of hydrogen-bond donors (Lipinski definition) is 1. The van der Waals surface area contributed by atoms with Gasteiger partial charge in [-0.05, 0) is 25.5 Å². The van der Waals surface area contributed by atoms with Crippen LogP contribution in [0.25, 0.3) is 0 Å². The second-order valence-corrected chi connectivity index (χ2v) is 5.62. The van der Waals surface area contributed by atoms with Crippen molar-refractivity contribution in [3.05, 3.63) is 42.0 Å². The van der Waals surface area contributed by atoms with Gasteiger partial charge in [-0.2, -0.15) is 0 Å². The lowest BCUT2D eigenvalue weighted by molar-refractivity contribution is 0.740. The quantitative estimate of drug-likeness (QED) is 0.460. The van der Waals surface area contributed by atoms with Gasteiger partial charge < -0.3 is 5.32 Å². The summed E-state index contributed by atoms with van der Waals surface area (Å²) in [6.45, 7) is 12.2. The average Bonchev–Trinajstić information content (AvgIpc) is 2.24. The Balaban J connectivity index is 2.51. The van der Waals surface area contributed by atoms with Crippen LogP contribution >= 0.6 is 11.8 Å². The van der Waals surface area contributed by atoms with Crippen LogP contribution in [0, 0.1) is 13.8 Å². The van der Waals surface area contributed by atoms with Gasteiger partial charge in [0, 0.05) is 23.2 Å². The van der Waals surface area contributed by atoms with E-state index >= 15 is 0 Å². The molecule has 0 aliphatic heterocycles. The molecule has 1 aromatic carbocycles. The molecule has 1 atom stereocenters. The van der Waals surface area contributed by atoms with E-state index in [1.165, 1.54) is 16.0 Å². The van der Waals surface area contributed by atoms with Crippen LogP contribution in [-0.4, -0.2) is 18.3 Å². The molecule has 0 aliphatic carbocycles. The first-order chi connectivity index (χ1) is 7.63. The lowest BCUT2D eigenvalue weighted by Gasteiger charge is -2.13. The van der Waals surface area contributed by atoms with Crippen LogP contribution in [0.3, 0.4) is 0 Å². The van der Waals surface area contributed by atoms with E-state index in [0.29, 0.717) is 5.25 Å². The second kappa shape index (κ2) is 6.77. The van der Waals surface area contributed by atoms with Crippen molar-refractivity contribution in [2.45, 2.75) is 30.9 Å². The van der Waals surface area contributed by atoms with E-state index in [-0.39, 0.29) is 0 Å². The Morgan fingerprint density at radius 2 is 2.19 bits per heavy atom. The Hall–Kier alpha value is -0.730. The van der Waals surface area contributed by atoms with E-state index in [2.05, 4.69) is 50.9 Å². The number of benzene rings is 1. The van der Waals surface area contributed by atoms with Crippen LogP contribution in [0.5, 0.6) is 0 Å². The predicted molar refractivity (Wildman–Crippen MR) is 74.3 cm³/mol. The molecule has 0 bridgehead atoms.